The third kappa shape index (κ3) is 3.06. The van der Waals surface area contributed by atoms with Gasteiger partial charge in [-0.2, -0.15) is 0 Å². The van der Waals surface area contributed by atoms with Crippen molar-refractivity contribution in [2.75, 3.05) is 12.0 Å². The summed E-state index contributed by atoms with van der Waals surface area (Å²) in [6, 6.07) is 0. The second-order valence-electron chi connectivity index (χ2n) is 3.77. The van der Waals surface area contributed by atoms with Crippen LogP contribution in [-0.2, 0) is 7.05 Å². The van der Waals surface area contributed by atoms with Crippen LogP contribution in [0.5, 0.6) is 0 Å². The Morgan fingerprint density at radius 2 is 2.30 bits per heavy atom. The molecule has 0 saturated heterocycles. The predicted octanol–water partition coefficient (Wildman–Crippen LogP) is 1.01. The molecular formula is C11H13N7S2. The van der Waals surface area contributed by atoms with Crippen LogP contribution in [0.2, 0.25) is 0 Å². The largest absolute Gasteiger partial charge is 0.358 e. The number of rotatable bonds is 4. The first-order valence-corrected chi connectivity index (χ1v) is 6.53. The highest BCUT2D eigenvalue weighted by molar-refractivity contribution is 7.80. The predicted molar refractivity (Wildman–Crippen MR) is 83.2 cm³/mol. The van der Waals surface area contributed by atoms with Crippen molar-refractivity contribution in [3.63, 3.8) is 0 Å². The van der Waals surface area contributed by atoms with E-state index in [-0.39, 0.29) is 0 Å². The quantitative estimate of drug-likeness (QED) is 0.645. The molecule has 0 atom stereocenters. The number of aromatic nitrogens is 5. The highest BCUT2D eigenvalue weighted by Crippen LogP contribution is 2.12. The van der Waals surface area contributed by atoms with Gasteiger partial charge in [0.1, 0.15) is 5.69 Å². The van der Waals surface area contributed by atoms with Crippen LogP contribution in [-0.4, -0.2) is 36.1 Å². The zero-order valence-electron chi connectivity index (χ0n) is 10.8. The summed E-state index contributed by atoms with van der Waals surface area (Å²) in [4.78, 5) is 8.23. The maximum absolute atomic E-state index is 5.29. The lowest BCUT2D eigenvalue weighted by Crippen LogP contribution is -2.34. The fourth-order valence-corrected chi connectivity index (χ4v) is 1.80. The van der Waals surface area contributed by atoms with E-state index in [4.69, 9.17) is 24.4 Å². The topological polar surface area (TPSA) is 72.6 Å². The minimum Gasteiger partial charge on any atom is -0.358 e. The van der Waals surface area contributed by atoms with E-state index >= 15 is 0 Å². The average molecular weight is 307 g/mol. The van der Waals surface area contributed by atoms with Gasteiger partial charge in [0.15, 0.2) is 5.11 Å². The van der Waals surface area contributed by atoms with E-state index in [0.29, 0.717) is 27.9 Å². The zero-order chi connectivity index (χ0) is 14.5. The summed E-state index contributed by atoms with van der Waals surface area (Å²) in [5.41, 5.74) is 3.56. The van der Waals surface area contributed by atoms with Gasteiger partial charge in [0, 0.05) is 26.0 Å². The summed E-state index contributed by atoms with van der Waals surface area (Å²) in [6.07, 6.45) is 6.50. The van der Waals surface area contributed by atoms with Gasteiger partial charge in [-0.25, -0.2) is 14.3 Å². The molecule has 9 heteroatoms. The number of aryl methyl sites for hydroxylation is 1. The van der Waals surface area contributed by atoms with Crippen molar-refractivity contribution in [3.05, 3.63) is 36.0 Å². The number of nitrogens with one attached hydrogen (secondary N) is 2. The number of hydrogen-bond donors (Lipinski definition) is 2. The van der Waals surface area contributed by atoms with Crippen LogP contribution in [0.3, 0.4) is 0 Å². The van der Waals surface area contributed by atoms with Crippen molar-refractivity contribution >= 4 is 29.5 Å². The van der Waals surface area contributed by atoms with Crippen molar-refractivity contribution in [1.29, 1.82) is 0 Å². The Kier molecular flexibility index (Phi) is 4.53. The third-order valence-corrected chi connectivity index (χ3v) is 3.02. The Hall–Kier alpha value is -2.13. The molecule has 0 unspecified atom stereocenters. The molecule has 0 amide bonds. The second-order valence-corrected chi connectivity index (χ2v) is 4.54. The lowest BCUT2D eigenvalue weighted by Gasteiger charge is -2.11. The molecule has 2 heterocycles. The fraction of sp³-hybridized carbons (Fsp3) is 0.182. The molecular weight excluding hydrogens is 294 g/mol. The molecule has 0 bridgehead atoms. The second kappa shape index (κ2) is 6.35. The van der Waals surface area contributed by atoms with Crippen LogP contribution in [0.4, 0.5) is 0 Å². The van der Waals surface area contributed by atoms with Gasteiger partial charge in [0.2, 0.25) is 10.6 Å². The van der Waals surface area contributed by atoms with Gasteiger partial charge in [-0.05, 0) is 24.4 Å². The normalized spacial score (nSPS) is 10.1. The third-order valence-electron chi connectivity index (χ3n) is 2.34. The van der Waals surface area contributed by atoms with Crippen LogP contribution in [0.1, 0.15) is 0 Å². The van der Waals surface area contributed by atoms with Gasteiger partial charge in [-0.3, -0.25) is 10.4 Å². The number of thiocarbonyl (C=S) groups is 1. The first kappa shape index (κ1) is 14.3. The summed E-state index contributed by atoms with van der Waals surface area (Å²) in [7, 11) is 1.75. The molecule has 0 aliphatic rings. The van der Waals surface area contributed by atoms with E-state index in [1.165, 1.54) is 0 Å². The van der Waals surface area contributed by atoms with Crippen LogP contribution in [0.15, 0.2) is 31.2 Å². The van der Waals surface area contributed by atoms with Crippen LogP contribution >= 0.6 is 24.4 Å². The molecule has 2 N–H and O–H groups in total. The fourth-order valence-electron chi connectivity index (χ4n) is 1.45. The van der Waals surface area contributed by atoms with Crippen LogP contribution in [0, 0.1) is 4.77 Å². The van der Waals surface area contributed by atoms with Crippen molar-refractivity contribution in [2.45, 2.75) is 0 Å². The number of nitrogens with zero attached hydrogens (tertiary/aromatic N) is 5. The molecule has 0 radical (unpaired) electrons. The van der Waals surface area contributed by atoms with Gasteiger partial charge in [-0.15, -0.1) is 11.7 Å². The molecule has 0 spiro atoms. The molecule has 0 aromatic carbocycles. The van der Waals surface area contributed by atoms with Crippen molar-refractivity contribution in [2.24, 2.45) is 7.05 Å². The summed E-state index contributed by atoms with van der Waals surface area (Å²) >= 11 is 10.5. The molecule has 0 saturated carbocycles. The van der Waals surface area contributed by atoms with Crippen LogP contribution < -0.4 is 10.7 Å². The van der Waals surface area contributed by atoms with E-state index < -0.39 is 0 Å². The highest BCUT2D eigenvalue weighted by Gasteiger charge is 2.13. The Balaban J connectivity index is 2.35. The first-order valence-electron chi connectivity index (χ1n) is 5.71. The van der Waals surface area contributed by atoms with Crippen molar-refractivity contribution in [3.8, 4) is 11.5 Å². The lowest BCUT2D eigenvalue weighted by molar-refractivity contribution is 0.745. The maximum atomic E-state index is 5.29. The Morgan fingerprint density at radius 3 is 2.95 bits per heavy atom. The summed E-state index contributed by atoms with van der Waals surface area (Å²) in [5, 5.41) is 7.69. The van der Waals surface area contributed by atoms with Crippen LogP contribution in [0.25, 0.3) is 11.5 Å². The van der Waals surface area contributed by atoms with E-state index in [1.54, 1.807) is 41.1 Å². The van der Waals surface area contributed by atoms with Crippen molar-refractivity contribution in [1.82, 2.24) is 29.7 Å². The SMILES string of the molecule is C=CCNC(=S)Nn1c(-c2cnccn2)nn(C)c1=S. The molecule has 20 heavy (non-hydrogen) atoms. The van der Waals surface area contributed by atoms with Gasteiger partial charge < -0.3 is 5.32 Å². The molecule has 0 aliphatic heterocycles. The number of hydrogen-bond acceptors (Lipinski definition) is 5. The van der Waals surface area contributed by atoms with Gasteiger partial charge in [0.25, 0.3) is 0 Å². The lowest BCUT2D eigenvalue weighted by atomic mass is 10.4. The minimum absolute atomic E-state index is 0.416. The summed E-state index contributed by atoms with van der Waals surface area (Å²) in [5.74, 6) is 0.536. The molecule has 2 aromatic rings. The van der Waals surface area contributed by atoms with E-state index in [9.17, 15) is 0 Å². The minimum atomic E-state index is 0.416. The van der Waals surface area contributed by atoms with E-state index in [2.05, 4.69) is 32.4 Å². The van der Waals surface area contributed by atoms with Gasteiger partial charge >= 0.3 is 0 Å². The standard InChI is InChI=1S/C11H13N7S2/c1-3-4-14-10(19)16-18-9(15-17(2)11(18)20)8-7-12-5-6-13-8/h3,5-7H,1,4H2,2H3,(H2,14,16,19). The monoisotopic (exact) mass is 307 g/mol. The Labute approximate surface area is 126 Å². The summed E-state index contributed by atoms with van der Waals surface area (Å²) < 4.78 is 3.61. The Morgan fingerprint density at radius 1 is 1.50 bits per heavy atom. The molecule has 2 rings (SSSR count). The zero-order valence-corrected chi connectivity index (χ0v) is 12.4. The molecule has 104 valence electrons. The van der Waals surface area contributed by atoms with Gasteiger partial charge in [0.05, 0.1) is 6.20 Å². The highest BCUT2D eigenvalue weighted by atomic mass is 32.1. The summed E-state index contributed by atoms with van der Waals surface area (Å²) in [6.45, 7) is 4.17. The molecule has 7 nitrogen and oxygen atoms in total. The molecule has 2 aromatic heterocycles. The molecule has 0 fully saturated rings. The van der Waals surface area contributed by atoms with E-state index in [0.717, 1.165) is 0 Å². The maximum Gasteiger partial charge on any atom is 0.217 e. The first-order chi connectivity index (χ1) is 9.63. The Bertz CT molecular complexity index is 674. The average Bonchev–Trinajstić information content (AvgIpc) is 2.74. The van der Waals surface area contributed by atoms with Crippen molar-refractivity contribution < 1.29 is 0 Å². The smallest absolute Gasteiger partial charge is 0.217 e. The van der Waals surface area contributed by atoms with Gasteiger partial charge in [-0.1, -0.05) is 6.08 Å². The van der Waals surface area contributed by atoms with E-state index in [1.807, 2.05) is 0 Å². The molecule has 0 aliphatic carbocycles.